The predicted octanol–water partition coefficient (Wildman–Crippen LogP) is 3.77. The third-order valence-electron chi connectivity index (χ3n) is 6.55. The highest BCUT2D eigenvalue weighted by Crippen LogP contribution is 2.37. The van der Waals surface area contributed by atoms with Crippen LogP contribution in [-0.2, 0) is 6.42 Å². The Balaban J connectivity index is 1.53. The molecule has 2 aromatic heterocycles. The van der Waals surface area contributed by atoms with Crippen LogP contribution in [0.1, 0.15) is 54.2 Å². The normalized spacial score (nSPS) is 16.9. The molecule has 0 bridgehead atoms. The fourth-order valence-electron chi connectivity index (χ4n) is 4.43. The highest BCUT2D eigenvalue weighted by Gasteiger charge is 2.25. The van der Waals surface area contributed by atoms with E-state index in [1.54, 1.807) is 6.33 Å². The molecule has 3 N–H and O–H groups in total. The summed E-state index contributed by atoms with van der Waals surface area (Å²) in [5.41, 5.74) is 5.80. The van der Waals surface area contributed by atoms with Crippen LogP contribution in [0.2, 0.25) is 0 Å². The highest BCUT2D eigenvalue weighted by atomic mass is 16.5. The quantitative estimate of drug-likeness (QED) is 0.528. The number of ether oxygens (including phenoxy) is 1. The summed E-state index contributed by atoms with van der Waals surface area (Å²) in [5.74, 6) is 1.43. The van der Waals surface area contributed by atoms with Crippen molar-refractivity contribution in [3.63, 3.8) is 0 Å². The average molecular weight is 434 g/mol. The fourth-order valence-corrected chi connectivity index (χ4v) is 4.43. The molecule has 0 radical (unpaired) electrons. The number of hydrogen-bond donors (Lipinski definition) is 3. The van der Waals surface area contributed by atoms with Crippen LogP contribution in [0.25, 0.3) is 22.3 Å². The van der Waals surface area contributed by atoms with E-state index in [-0.39, 0.29) is 11.9 Å². The molecule has 7 heteroatoms. The molecule has 5 rings (SSSR count). The summed E-state index contributed by atoms with van der Waals surface area (Å²) in [7, 11) is 0. The zero-order chi connectivity index (χ0) is 22.1. The second-order valence-corrected chi connectivity index (χ2v) is 9.01. The lowest BCUT2D eigenvalue weighted by atomic mass is 10.0. The Kier molecular flexibility index (Phi) is 5.83. The maximum atomic E-state index is 13.2. The Hall–Kier alpha value is -2.93. The molecule has 1 amide bonds. The number of piperidine rings is 1. The summed E-state index contributed by atoms with van der Waals surface area (Å²) >= 11 is 0. The van der Waals surface area contributed by atoms with Crippen LogP contribution in [0.3, 0.4) is 0 Å². The van der Waals surface area contributed by atoms with Crippen molar-refractivity contribution in [3.8, 4) is 17.0 Å². The molecule has 1 aromatic carbocycles. The number of nitrogens with zero attached hydrogens (tertiary/aromatic N) is 2. The standard InChI is InChI=1S/C25H31N5O2/c1-3-16-6-7-20(32-13-17-4-5-17)19(12-16)22-24-23(28-14-27-22)21(15(2)29-24)25(31)30-18-8-10-26-11-9-18/h6-7,12,14,17-18,26,29H,3-5,8-11,13H2,1-2H3,(H,30,31). The number of H-pyrrole nitrogens is 1. The van der Waals surface area contributed by atoms with Crippen molar-refractivity contribution in [2.45, 2.75) is 52.0 Å². The third-order valence-corrected chi connectivity index (χ3v) is 6.55. The van der Waals surface area contributed by atoms with Crippen LogP contribution in [0.15, 0.2) is 24.5 Å². The zero-order valence-electron chi connectivity index (χ0n) is 18.8. The summed E-state index contributed by atoms with van der Waals surface area (Å²) in [6.45, 7) is 6.67. The van der Waals surface area contributed by atoms with E-state index in [1.807, 2.05) is 13.0 Å². The number of aromatic amines is 1. The second-order valence-electron chi connectivity index (χ2n) is 9.01. The molecule has 0 unspecified atom stereocenters. The number of carbonyl (C=O) groups excluding carboxylic acids is 1. The SMILES string of the molecule is CCc1ccc(OCC2CC2)c(-c2ncnc3c(C(=O)NC4CCNCC4)c(C)[nH]c23)c1. The average Bonchev–Trinajstić information content (AvgIpc) is 3.58. The lowest BCUT2D eigenvalue weighted by Crippen LogP contribution is -2.42. The van der Waals surface area contributed by atoms with E-state index in [9.17, 15) is 4.79 Å². The molecule has 0 spiro atoms. The van der Waals surface area contributed by atoms with E-state index < -0.39 is 0 Å². The van der Waals surface area contributed by atoms with Gasteiger partial charge in [-0.2, -0.15) is 0 Å². The Labute approximate surface area is 188 Å². The monoisotopic (exact) mass is 433 g/mol. The molecule has 32 heavy (non-hydrogen) atoms. The number of hydrogen-bond acceptors (Lipinski definition) is 5. The molecule has 168 valence electrons. The van der Waals surface area contributed by atoms with Crippen LogP contribution in [0.4, 0.5) is 0 Å². The van der Waals surface area contributed by atoms with Gasteiger partial charge in [-0.25, -0.2) is 9.97 Å². The minimum atomic E-state index is -0.0715. The van der Waals surface area contributed by atoms with E-state index in [4.69, 9.17) is 4.74 Å². The molecule has 1 saturated carbocycles. The fraction of sp³-hybridized carbons (Fsp3) is 0.480. The number of aryl methyl sites for hydroxylation is 2. The smallest absolute Gasteiger partial charge is 0.255 e. The van der Waals surface area contributed by atoms with Crippen molar-refractivity contribution >= 4 is 16.9 Å². The van der Waals surface area contributed by atoms with Gasteiger partial charge in [-0.05, 0) is 75.7 Å². The molecule has 3 aromatic rings. The van der Waals surface area contributed by atoms with E-state index in [0.29, 0.717) is 17.0 Å². The predicted molar refractivity (Wildman–Crippen MR) is 125 cm³/mol. The van der Waals surface area contributed by atoms with Crippen molar-refractivity contribution in [1.82, 2.24) is 25.6 Å². The number of fused-ring (bicyclic) bond motifs is 1. The van der Waals surface area contributed by atoms with Gasteiger partial charge in [-0.1, -0.05) is 13.0 Å². The maximum absolute atomic E-state index is 13.2. The van der Waals surface area contributed by atoms with Gasteiger partial charge in [0.05, 0.1) is 17.7 Å². The number of benzene rings is 1. The molecule has 2 fully saturated rings. The Morgan fingerprint density at radius 1 is 1.19 bits per heavy atom. The lowest BCUT2D eigenvalue weighted by Gasteiger charge is -2.23. The summed E-state index contributed by atoms with van der Waals surface area (Å²) in [6.07, 6.45) is 6.85. The van der Waals surface area contributed by atoms with Crippen LogP contribution in [0, 0.1) is 12.8 Å². The molecule has 1 aliphatic heterocycles. The van der Waals surface area contributed by atoms with Crippen molar-refractivity contribution in [1.29, 1.82) is 0 Å². The van der Waals surface area contributed by atoms with Gasteiger partial charge in [0.25, 0.3) is 5.91 Å². The lowest BCUT2D eigenvalue weighted by molar-refractivity contribution is 0.0930. The Morgan fingerprint density at radius 3 is 2.75 bits per heavy atom. The molecule has 3 heterocycles. The van der Waals surface area contributed by atoms with E-state index >= 15 is 0 Å². The molecule has 7 nitrogen and oxygen atoms in total. The van der Waals surface area contributed by atoms with Gasteiger partial charge < -0.3 is 20.4 Å². The number of rotatable bonds is 7. The van der Waals surface area contributed by atoms with Gasteiger partial charge in [-0.15, -0.1) is 0 Å². The van der Waals surface area contributed by atoms with Crippen molar-refractivity contribution in [2.24, 2.45) is 5.92 Å². The zero-order valence-corrected chi connectivity index (χ0v) is 18.8. The first-order valence-electron chi connectivity index (χ1n) is 11.7. The van der Waals surface area contributed by atoms with Gasteiger partial charge in [0, 0.05) is 17.3 Å². The first-order chi connectivity index (χ1) is 15.6. The Morgan fingerprint density at radius 2 is 2.00 bits per heavy atom. The van der Waals surface area contributed by atoms with E-state index in [2.05, 4.69) is 44.6 Å². The number of carbonyl (C=O) groups is 1. The van der Waals surface area contributed by atoms with Crippen LogP contribution >= 0.6 is 0 Å². The topological polar surface area (TPSA) is 91.9 Å². The second kappa shape index (κ2) is 8.90. The summed E-state index contributed by atoms with van der Waals surface area (Å²) in [4.78, 5) is 25.7. The minimum absolute atomic E-state index is 0.0715. The molecule has 0 atom stereocenters. The first kappa shape index (κ1) is 20.9. The Bertz CT molecular complexity index is 1130. The van der Waals surface area contributed by atoms with E-state index in [0.717, 1.165) is 67.2 Å². The van der Waals surface area contributed by atoms with Crippen molar-refractivity contribution < 1.29 is 9.53 Å². The number of aromatic nitrogens is 3. The number of amides is 1. The summed E-state index contributed by atoms with van der Waals surface area (Å²) < 4.78 is 6.19. The molecule has 2 aliphatic rings. The van der Waals surface area contributed by atoms with Crippen LogP contribution in [-0.4, -0.2) is 46.6 Å². The van der Waals surface area contributed by atoms with Crippen LogP contribution in [0.5, 0.6) is 5.75 Å². The third kappa shape index (κ3) is 4.21. The van der Waals surface area contributed by atoms with Gasteiger partial charge in [-0.3, -0.25) is 4.79 Å². The summed E-state index contributed by atoms with van der Waals surface area (Å²) in [6, 6.07) is 6.50. The largest absolute Gasteiger partial charge is 0.493 e. The maximum Gasteiger partial charge on any atom is 0.255 e. The summed E-state index contributed by atoms with van der Waals surface area (Å²) in [5, 5.41) is 6.53. The highest BCUT2D eigenvalue weighted by molar-refractivity contribution is 6.09. The molecular formula is C25H31N5O2. The molecule has 1 aliphatic carbocycles. The van der Waals surface area contributed by atoms with Gasteiger partial charge in [0.1, 0.15) is 23.3 Å². The molecular weight excluding hydrogens is 402 g/mol. The van der Waals surface area contributed by atoms with Gasteiger partial charge in [0.15, 0.2) is 0 Å². The first-order valence-corrected chi connectivity index (χ1v) is 11.7. The van der Waals surface area contributed by atoms with Gasteiger partial charge >= 0.3 is 0 Å². The van der Waals surface area contributed by atoms with E-state index in [1.165, 1.54) is 18.4 Å². The number of nitrogens with one attached hydrogen (secondary N) is 3. The minimum Gasteiger partial charge on any atom is -0.493 e. The van der Waals surface area contributed by atoms with Crippen LogP contribution < -0.4 is 15.4 Å². The van der Waals surface area contributed by atoms with Crippen molar-refractivity contribution in [2.75, 3.05) is 19.7 Å². The van der Waals surface area contributed by atoms with Gasteiger partial charge in [0.2, 0.25) is 0 Å². The van der Waals surface area contributed by atoms with Crippen molar-refractivity contribution in [3.05, 3.63) is 41.3 Å². The molecule has 1 saturated heterocycles.